The largest absolute Gasteiger partial charge is 0.303 e. The van der Waals surface area contributed by atoms with Gasteiger partial charge < -0.3 is 4.90 Å². The van der Waals surface area contributed by atoms with Gasteiger partial charge in [0.2, 0.25) is 5.91 Å². The van der Waals surface area contributed by atoms with Gasteiger partial charge in [0.25, 0.3) is 0 Å². The fourth-order valence-electron chi connectivity index (χ4n) is 2.93. The van der Waals surface area contributed by atoms with E-state index in [2.05, 4.69) is 40.7 Å². The van der Waals surface area contributed by atoms with Crippen LogP contribution in [0.5, 0.6) is 0 Å². The molecule has 0 aliphatic carbocycles. The molecule has 0 aromatic heterocycles. The Morgan fingerprint density at radius 3 is 2.60 bits per heavy atom. The molecule has 1 aromatic carbocycles. The standard InChI is InChI=1S/C16H25N3O/c1-13(16(20)18-17)12-19-9-7-15(8-10-19)11-14-5-3-2-4-6-14/h2-6,13,15H,7-12,17H2,1H3,(H,18,20). The molecule has 1 amide bonds. The van der Waals surface area contributed by atoms with Crippen LogP contribution in [0.4, 0.5) is 0 Å². The number of hydrogen-bond acceptors (Lipinski definition) is 3. The molecule has 0 spiro atoms. The van der Waals surface area contributed by atoms with E-state index in [4.69, 9.17) is 5.84 Å². The predicted molar refractivity (Wildman–Crippen MR) is 80.8 cm³/mol. The quantitative estimate of drug-likeness (QED) is 0.487. The fraction of sp³-hybridized carbons (Fsp3) is 0.562. The molecule has 1 heterocycles. The van der Waals surface area contributed by atoms with Crippen LogP contribution < -0.4 is 11.3 Å². The van der Waals surface area contributed by atoms with Crippen molar-refractivity contribution in [2.24, 2.45) is 17.7 Å². The van der Waals surface area contributed by atoms with Gasteiger partial charge in [-0.25, -0.2) is 5.84 Å². The first-order valence-electron chi connectivity index (χ1n) is 7.45. The Kier molecular flexibility index (Phi) is 5.56. The summed E-state index contributed by atoms with van der Waals surface area (Å²) in [6.07, 6.45) is 3.60. The molecule has 4 heteroatoms. The number of amides is 1. The second-order valence-corrected chi connectivity index (χ2v) is 5.84. The Hall–Kier alpha value is -1.39. The number of benzene rings is 1. The molecule has 0 radical (unpaired) electrons. The summed E-state index contributed by atoms with van der Waals surface area (Å²) in [7, 11) is 0. The van der Waals surface area contributed by atoms with Crippen LogP contribution in [0.25, 0.3) is 0 Å². The first-order valence-corrected chi connectivity index (χ1v) is 7.45. The molecule has 1 atom stereocenters. The average molecular weight is 275 g/mol. The summed E-state index contributed by atoms with van der Waals surface area (Å²) >= 11 is 0. The van der Waals surface area contributed by atoms with E-state index in [1.165, 1.54) is 24.8 Å². The molecule has 4 nitrogen and oxygen atoms in total. The van der Waals surface area contributed by atoms with Crippen molar-refractivity contribution in [3.63, 3.8) is 0 Å². The van der Waals surface area contributed by atoms with E-state index in [0.717, 1.165) is 25.6 Å². The molecule has 20 heavy (non-hydrogen) atoms. The van der Waals surface area contributed by atoms with E-state index in [9.17, 15) is 4.79 Å². The zero-order chi connectivity index (χ0) is 14.4. The van der Waals surface area contributed by atoms with Crippen LogP contribution in [0, 0.1) is 11.8 Å². The van der Waals surface area contributed by atoms with Gasteiger partial charge in [-0.1, -0.05) is 37.3 Å². The monoisotopic (exact) mass is 275 g/mol. The highest BCUT2D eigenvalue weighted by atomic mass is 16.2. The van der Waals surface area contributed by atoms with Gasteiger partial charge in [-0.2, -0.15) is 0 Å². The Morgan fingerprint density at radius 2 is 2.00 bits per heavy atom. The number of piperidine rings is 1. The number of nitrogens with two attached hydrogens (primary N) is 1. The van der Waals surface area contributed by atoms with Gasteiger partial charge in [-0.15, -0.1) is 0 Å². The minimum Gasteiger partial charge on any atom is -0.303 e. The number of nitrogens with one attached hydrogen (secondary N) is 1. The van der Waals surface area contributed by atoms with E-state index in [1.807, 2.05) is 6.92 Å². The third kappa shape index (κ3) is 4.32. The Bertz CT molecular complexity index is 413. The van der Waals surface area contributed by atoms with Gasteiger partial charge in [0.15, 0.2) is 0 Å². The third-order valence-corrected chi connectivity index (χ3v) is 4.20. The molecule has 0 bridgehead atoms. The van der Waals surface area contributed by atoms with E-state index in [-0.39, 0.29) is 11.8 Å². The molecule has 1 fully saturated rings. The Morgan fingerprint density at radius 1 is 1.35 bits per heavy atom. The maximum Gasteiger partial charge on any atom is 0.237 e. The lowest BCUT2D eigenvalue weighted by atomic mass is 9.90. The lowest BCUT2D eigenvalue weighted by molar-refractivity contribution is -0.125. The molecule has 1 saturated heterocycles. The summed E-state index contributed by atoms with van der Waals surface area (Å²) in [6, 6.07) is 10.7. The smallest absolute Gasteiger partial charge is 0.237 e. The minimum atomic E-state index is -0.0728. The second-order valence-electron chi connectivity index (χ2n) is 5.84. The molecule has 2 rings (SSSR count). The van der Waals surface area contributed by atoms with Gasteiger partial charge in [0.1, 0.15) is 0 Å². The number of carbonyl (C=O) groups excluding carboxylic acids is 1. The highest BCUT2D eigenvalue weighted by Gasteiger charge is 2.22. The van der Waals surface area contributed by atoms with Crippen molar-refractivity contribution in [2.75, 3.05) is 19.6 Å². The van der Waals surface area contributed by atoms with Crippen LogP contribution >= 0.6 is 0 Å². The van der Waals surface area contributed by atoms with E-state index >= 15 is 0 Å². The number of nitrogens with zero attached hydrogens (tertiary/aromatic N) is 1. The Labute approximate surface area is 121 Å². The molecule has 1 aliphatic heterocycles. The first-order chi connectivity index (χ1) is 9.69. The average Bonchev–Trinajstić information content (AvgIpc) is 2.49. The summed E-state index contributed by atoms with van der Waals surface area (Å²) in [4.78, 5) is 13.8. The highest BCUT2D eigenvalue weighted by Crippen LogP contribution is 2.22. The normalized spacial score (nSPS) is 18.7. The molecule has 1 aromatic rings. The predicted octanol–water partition coefficient (Wildman–Crippen LogP) is 1.57. The zero-order valence-electron chi connectivity index (χ0n) is 12.2. The minimum absolute atomic E-state index is 0.0364. The Balaban J connectivity index is 1.74. The van der Waals surface area contributed by atoms with E-state index in [0.29, 0.717) is 0 Å². The number of hydrogen-bond donors (Lipinski definition) is 2. The maximum atomic E-state index is 11.4. The van der Waals surface area contributed by atoms with Crippen molar-refractivity contribution in [2.45, 2.75) is 26.2 Å². The van der Waals surface area contributed by atoms with Crippen LogP contribution in [-0.4, -0.2) is 30.4 Å². The summed E-state index contributed by atoms with van der Waals surface area (Å²) in [5.41, 5.74) is 3.66. The summed E-state index contributed by atoms with van der Waals surface area (Å²) < 4.78 is 0. The van der Waals surface area contributed by atoms with Crippen LogP contribution in [0.1, 0.15) is 25.3 Å². The van der Waals surface area contributed by atoms with Crippen molar-refractivity contribution >= 4 is 5.91 Å². The van der Waals surface area contributed by atoms with Gasteiger partial charge in [0.05, 0.1) is 0 Å². The van der Waals surface area contributed by atoms with Crippen molar-refractivity contribution in [1.29, 1.82) is 0 Å². The summed E-state index contributed by atoms with van der Waals surface area (Å²) in [6.45, 7) is 4.90. The van der Waals surface area contributed by atoms with E-state index in [1.54, 1.807) is 0 Å². The van der Waals surface area contributed by atoms with Crippen LogP contribution in [0.15, 0.2) is 30.3 Å². The molecular formula is C16H25N3O. The van der Waals surface area contributed by atoms with E-state index < -0.39 is 0 Å². The first kappa shape index (κ1) is 15.0. The van der Waals surface area contributed by atoms with Gasteiger partial charge >= 0.3 is 0 Å². The van der Waals surface area contributed by atoms with Crippen LogP contribution in [0.2, 0.25) is 0 Å². The highest BCUT2D eigenvalue weighted by molar-refractivity contribution is 5.77. The van der Waals surface area contributed by atoms with Crippen LogP contribution in [0.3, 0.4) is 0 Å². The maximum absolute atomic E-state index is 11.4. The number of likely N-dealkylation sites (tertiary alicyclic amines) is 1. The van der Waals surface area contributed by atoms with Gasteiger partial charge in [-0.3, -0.25) is 10.2 Å². The van der Waals surface area contributed by atoms with Crippen molar-refractivity contribution in [3.8, 4) is 0 Å². The summed E-state index contributed by atoms with van der Waals surface area (Å²) in [5, 5.41) is 0. The molecule has 1 aliphatic rings. The van der Waals surface area contributed by atoms with Crippen molar-refractivity contribution in [3.05, 3.63) is 35.9 Å². The molecule has 0 saturated carbocycles. The van der Waals surface area contributed by atoms with Crippen molar-refractivity contribution < 1.29 is 4.79 Å². The summed E-state index contributed by atoms with van der Waals surface area (Å²) in [5.74, 6) is 5.83. The topological polar surface area (TPSA) is 58.4 Å². The fourth-order valence-corrected chi connectivity index (χ4v) is 2.93. The number of rotatable bonds is 5. The van der Waals surface area contributed by atoms with Crippen molar-refractivity contribution in [1.82, 2.24) is 10.3 Å². The number of carbonyl (C=O) groups is 1. The third-order valence-electron chi connectivity index (χ3n) is 4.20. The molecular weight excluding hydrogens is 250 g/mol. The second kappa shape index (κ2) is 7.41. The van der Waals surface area contributed by atoms with Crippen LogP contribution in [-0.2, 0) is 11.2 Å². The lowest BCUT2D eigenvalue weighted by Crippen LogP contribution is -2.43. The molecule has 3 N–H and O–H groups in total. The lowest BCUT2D eigenvalue weighted by Gasteiger charge is -2.33. The van der Waals surface area contributed by atoms with Gasteiger partial charge in [0, 0.05) is 12.5 Å². The zero-order valence-corrected chi connectivity index (χ0v) is 12.2. The number of hydrazine groups is 1. The van der Waals surface area contributed by atoms with Gasteiger partial charge in [-0.05, 0) is 43.8 Å². The molecule has 110 valence electrons. The SMILES string of the molecule is CC(CN1CCC(Cc2ccccc2)CC1)C(=O)NN. The molecule has 1 unspecified atom stereocenters.